The van der Waals surface area contributed by atoms with E-state index in [4.69, 9.17) is 28.7 Å². The fourth-order valence-electron chi connectivity index (χ4n) is 11.3. The van der Waals surface area contributed by atoms with Crippen molar-refractivity contribution in [1.82, 2.24) is 19.4 Å². The molecule has 0 spiro atoms. The molecule has 3 aliphatic heterocycles. The number of carbonyl (C=O) groups is 4. The highest BCUT2D eigenvalue weighted by atomic mass is 16.7. The number of ketones is 2. The largest absolute Gasteiger partial charge is 0.458 e. The normalized spacial score (nSPS) is 36.0. The Balaban J connectivity index is 1.10. The summed E-state index contributed by atoms with van der Waals surface area (Å²) < 4.78 is 33.6. The molecule has 5 fully saturated rings. The summed E-state index contributed by atoms with van der Waals surface area (Å²) in [6, 6.07) is 8.97. The van der Waals surface area contributed by atoms with Crippen molar-refractivity contribution >= 4 is 29.3 Å². The molecule has 0 bridgehead atoms. The third kappa shape index (κ3) is 10.3. The molecule has 1 N–H and O–H groups in total. The number of likely N-dealkylation sites (N-methyl/N-ethyl adjacent to an activating group) is 1. The van der Waals surface area contributed by atoms with Gasteiger partial charge in [-0.1, -0.05) is 46.8 Å². The number of methoxy groups -OCH3 is 1. The van der Waals surface area contributed by atoms with E-state index in [0.717, 1.165) is 17.7 Å². The summed E-state index contributed by atoms with van der Waals surface area (Å²) in [5.74, 6) is -4.92. The molecule has 1 aromatic heterocycles. The van der Waals surface area contributed by atoms with E-state index in [1.54, 1.807) is 25.7 Å². The quantitative estimate of drug-likeness (QED) is 0.110. The number of aliphatic hydroxyl groups is 1. The van der Waals surface area contributed by atoms with Crippen molar-refractivity contribution in [1.29, 1.82) is 0 Å². The number of benzene rings is 1. The second-order valence-corrected chi connectivity index (χ2v) is 20.6. The minimum absolute atomic E-state index is 0.135. The van der Waals surface area contributed by atoms with Crippen LogP contribution in [0.3, 0.4) is 0 Å². The molecule has 1 amide bonds. The van der Waals surface area contributed by atoms with E-state index in [1.807, 2.05) is 52.9 Å². The number of aromatic nitrogens is 2. The number of cyclic esters (lactones) is 1. The van der Waals surface area contributed by atoms with Gasteiger partial charge in [-0.15, -0.1) is 0 Å². The van der Waals surface area contributed by atoms with Gasteiger partial charge in [0.25, 0.3) is 0 Å². The standard InChI is InChI=1S/C51H77N5O10/c1-12-41-51(9)45(55(49(61)66-51)24-15-14-23-54-28-39(52-29-54)35-17-16-18-38(26-35)56(36-19-20-36)37-21-22-37)32(5)42(57)30(3)27-50(8,62-11)46(33(6)43(58)34(7)47(60)64-41)65-48-44(59)40(53(10)13-2)25-31(4)63-48/h16-18,26,28-34,36-37,40-41,44-46,48,59H,12-15,19-25,27H2,1-11H3/t30-,31-,32+,33+,34-,40+,41-,44-,45+,46-,48+,50-,51-/m1/s1. The van der Waals surface area contributed by atoms with Crippen molar-refractivity contribution in [3.8, 4) is 11.3 Å². The number of nitrogens with zero attached hydrogens (tertiary/aromatic N) is 5. The molecule has 2 saturated carbocycles. The number of rotatable bonds is 15. The molecular formula is C51H77N5O10. The van der Waals surface area contributed by atoms with Gasteiger partial charge in [0.15, 0.2) is 17.7 Å². The monoisotopic (exact) mass is 920 g/mol. The number of carbonyl (C=O) groups excluding carboxylic acids is 4. The van der Waals surface area contributed by atoms with Crippen LogP contribution in [-0.4, -0.2) is 141 Å². The van der Waals surface area contributed by atoms with Gasteiger partial charge in [-0.2, -0.15) is 0 Å². The Labute approximate surface area is 392 Å². The first-order valence-electron chi connectivity index (χ1n) is 24.8. The maximum atomic E-state index is 14.9. The number of imidazole rings is 1. The van der Waals surface area contributed by atoms with Crippen molar-refractivity contribution in [2.75, 3.05) is 32.1 Å². The summed E-state index contributed by atoms with van der Waals surface area (Å²) in [4.78, 5) is 68.5. The maximum absolute atomic E-state index is 14.9. The first-order chi connectivity index (χ1) is 31.3. The van der Waals surface area contributed by atoms with E-state index >= 15 is 0 Å². The number of esters is 1. The van der Waals surface area contributed by atoms with Crippen LogP contribution >= 0.6 is 0 Å². The molecule has 15 nitrogen and oxygen atoms in total. The van der Waals surface area contributed by atoms with Crippen LogP contribution < -0.4 is 4.90 Å². The van der Waals surface area contributed by atoms with Gasteiger partial charge in [0.2, 0.25) is 0 Å². The van der Waals surface area contributed by atoms with Gasteiger partial charge in [0.05, 0.1) is 35.9 Å². The molecule has 13 atom stereocenters. The highest BCUT2D eigenvalue weighted by molar-refractivity contribution is 6.00. The molecule has 5 aliphatic rings. The Morgan fingerprint density at radius 3 is 2.26 bits per heavy atom. The third-order valence-electron chi connectivity index (χ3n) is 15.6. The number of fused-ring (bicyclic) bond motifs is 1. The second kappa shape index (κ2) is 20.4. The Kier molecular flexibility index (Phi) is 15.4. The van der Waals surface area contributed by atoms with Crippen LogP contribution in [0.25, 0.3) is 11.3 Å². The summed E-state index contributed by atoms with van der Waals surface area (Å²) in [5, 5.41) is 11.6. The lowest BCUT2D eigenvalue weighted by Crippen LogP contribution is -2.60. The SMILES string of the molecule is CC[C@H]1OC(=O)[C@H](C)C(=O)[C@H](C)[C@@H](O[C@@H]2O[C@H](C)C[C@H](N(C)CC)[C@H]2O)[C@](C)(OC)C[C@@H](C)C(=O)[C@H](C)[C@@H]2N(CCCCn3cnc(-c4cccc(N(C5CC5)C5CC5)c4)c3)C(=O)O[C@@]21C. The average Bonchev–Trinajstić information content (AvgIpc) is 4.25. The van der Waals surface area contributed by atoms with Crippen LogP contribution in [0.5, 0.6) is 0 Å². The maximum Gasteiger partial charge on any atom is 0.410 e. The summed E-state index contributed by atoms with van der Waals surface area (Å²) in [6.07, 6.45) is 6.30. The number of hydrogen-bond acceptors (Lipinski definition) is 13. The number of anilines is 1. The number of amides is 1. The number of hydrogen-bond donors (Lipinski definition) is 1. The molecule has 7 rings (SSSR count). The van der Waals surface area contributed by atoms with Crippen molar-refractivity contribution in [3.63, 3.8) is 0 Å². The molecule has 1 aromatic carbocycles. The van der Waals surface area contributed by atoms with Crippen LogP contribution in [0.15, 0.2) is 36.8 Å². The molecule has 15 heteroatoms. The zero-order valence-corrected chi connectivity index (χ0v) is 41.3. The van der Waals surface area contributed by atoms with Gasteiger partial charge in [-0.3, -0.25) is 14.4 Å². The lowest BCUT2D eigenvalue weighted by molar-refractivity contribution is -0.296. The minimum Gasteiger partial charge on any atom is -0.458 e. The van der Waals surface area contributed by atoms with E-state index in [-0.39, 0.29) is 30.8 Å². The lowest BCUT2D eigenvalue weighted by Gasteiger charge is -2.47. The molecule has 366 valence electrons. The summed E-state index contributed by atoms with van der Waals surface area (Å²) in [5.41, 5.74) is 0.606. The molecular weight excluding hydrogens is 843 g/mol. The van der Waals surface area contributed by atoms with Gasteiger partial charge < -0.3 is 48.1 Å². The number of aryl methyl sites for hydroxylation is 1. The van der Waals surface area contributed by atoms with Crippen LogP contribution in [0.2, 0.25) is 0 Å². The van der Waals surface area contributed by atoms with Crippen molar-refractivity contribution < 1.29 is 48.0 Å². The van der Waals surface area contributed by atoms with Crippen LogP contribution in [0.4, 0.5) is 10.5 Å². The summed E-state index contributed by atoms with van der Waals surface area (Å²) in [7, 11) is 3.45. The van der Waals surface area contributed by atoms with Gasteiger partial charge in [-0.25, -0.2) is 9.78 Å². The van der Waals surface area contributed by atoms with Gasteiger partial charge >= 0.3 is 12.1 Å². The number of ether oxygens (including phenoxy) is 5. The highest BCUT2D eigenvalue weighted by Crippen LogP contribution is 2.44. The molecule has 0 radical (unpaired) electrons. The third-order valence-corrected chi connectivity index (χ3v) is 15.6. The van der Waals surface area contributed by atoms with Gasteiger partial charge in [0, 0.05) is 73.5 Å². The Hall–Kier alpha value is -3.89. The number of aliphatic hydroxyl groups excluding tert-OH is 1. The lowest BCUT2D eigenvalue weighted by atomic mass is 9.73. The van der Waals surface area contributed by atoms with Gasteiger partial charge in [-0.05, 0) is 111 Å². The molecule has 0 unspecified atom stereocenters. The van der Waals surface area contributed by atoms with E-state index in [9.17, 15) is 24.3 Å². The first-order valence-corrected chi connectivity index (χ1v) is 24.8. The topological polar surface area (TPSA) is 162 Å². The van der Waals surface area contributed by atoms with Crippen molar-refractivity contribution in [2.45, 2.75) is 193 Å². The smallest absolute Gasteiger partial charge is 0.410 e. The second-order valence-electron chi connectivity index (χ2n) is 20.6. The van der Waals surface area contributed by atoms with Gasteiger partial charge in [0.1, 0.15) is 23.9 Å². The Bertz CT molecular complexity index is 2030. The summed E-state index contributed by atoms with van der Waals surface area (Å²) in [6.45, 7) is 17.8. The number of Topliss-reactive ketones (excluding diaryl/α,β-unsaturated/α-hetero) is 2. The van der Waals surface area contributed by atoms with E-state index < -0.39 is 83.4 Å². The first kappa shape index (κ1) is 50.0. The predicted molar refractivity (Wildman–Crippen MR) is 250 cm³/mol. The van der Waals surface area contributed by atoms with Crippen LogP contribution in [-0.2, 0) is 44.6 Å². The fraction of sp³-hybridized carbons (Fsp3) is 0.745. The van der Waals surface area contributed by atoms with Crippen LogP contribution in [0.1, 0.15) is 120 Å². The predicted octanol–water partition coefficient (Wildman–Crippen LogP) is 7.06. The molecule has 4 heterocycles. The van der Waals surface area contributed by atoms with Crippen LogP contribution in [0, 0.1) is 23.7 Å². The molecule has 3 saturated heterocycles. The zero-order chi connectivity index (χ0) is 47.8. The number of unbranched alkanes of at least 4 members (excludes halogenated alkanes) is 1. The van der Waals surface area contributed by atoms with Crippen molar-refractivity contribution in [3.05, 3.63) is 36.8 Å². The molecule has 66 heavy (non-hydrogen) atoms. The molecule has 2 aliphatic carbocycles. The summed E-state index contributed by atoms with van der Waals surface area (Å²) >= 11 is 0. The van der Waals surface area contributed by atoms with E-state index in [2.05, 4.69) is 39.9 Å². The average molecular weight is 920 g/mol. The van der Waals surface area contributed by atoms with E-state index in [1.165, 1.54) is 45.4 Å². The highest BCUT2D eigenvalue weighted by Gasteiger charge is 2.60. The minimum atomic E-state index is -1.40. The van der Waals surface area contributed by atoms with Crippen molar-refractivity contribution in [2.24, 2.45) is 23.7 Å². The Morgan fingerprint density at radius 2 is 1.62 bits per heavy atom. The molecule has 2 aromatic rings. The zero-order valence-electron chi connectivity index (χ0n) is 41.3. The fourth-order valence-corrected chi connectivity index (χ4v) is 11.3. The van der Waals surface area contributed by atoms with E-state index in [0.29, 0.717) is 44.6 Å². The Morgan fingerprint density at radius 1 is 0.939 bits per heavy atom.